The summed E-state index contributed by atoms with van der Waals surface area (Å²) < 4.78 is 0. The van der Waals surface area contributed by atoms with Gasteiger partial charge in [0.2, 0.25) is 5.91 Å². The number of terminal acetylenes is 1. The lowest BCUT2D eigenvalue weighted by Crippen LogP contribution is -2.36. The number of aliphatic carboxylic acids is 1. The van der Waals surface area contributed by atoms with Crippen LogP contribution in [0.25, 0.3) is 0 Å². The van der Waals surface area contributed by atoms with E-state index in [1.165, 1.54) is 4.90 Å². The van der Waals surface area contributed by atoms with E-state index >= 15 is 0 Å². The summed E-state index contributed by atoms with van der Waals surface area (Å²) in [6.07, 6.45) is 5.99. The lowest BCUT2D eigenvalue weighted by molar-refractivity contribution is -0.144. The van der Waals surface area contributed by atoms with Crippen molar-refractivity contribution in [1.29, 1.82) is 0 Å². The molecule has 1 amide bonds. The smallest absolute Gasteiger partial charge is 0.323 e. The minimum Gasteiger partial charge on any atom is -0.480 e. The maximum Gasteiger partial charge on any atom is 0.323 e. The maximum atomic E-state index is 11.9. The number of carbonyl (C=O) groups excluding carboxylic acids is 1. The number of carboxylic acid groups (broad SMARTS) is 1. The predicted octanol–water partition coefficient (Wildman–Crippen LogP) is 1.47. The fourth-order valence-corrected chi connectivity index (χ4v) is 1.80. The number of benzene rings is 1. The normalized spacial score (nSPS) is 9.68. The van der Waals surface area contributed by atoms with Crippen molar-refractivity contribution in [2.45, 2.75) is 19.8 Å². The molecule has 1 aromatic carbocycles. The fraction of sp³-hybridized carbons (Fsp3) is 0.333. The van der Waals surface area contributed by atoms with E-state index in [0.29, 0.717) is 6.42 Å². The number of hydrogen-bond acceptors (Lipinski definition) is 2. The van der Waals surface area contributed by atoms with Crippen molar-refractivity contribution >= 4 is 11.9 Å². The van der Waals surface area contributed by atoms with Crippen LogP contribution in [0.4, 0.5) is 0 Å². The van der Waals surface area contributed by atoms with Crippen molar-refractivity contribution in [3.05, 3.63) is 35.4 Å². The first kappa shape index (κ1) is 14.8. The van der Waals surface area contributed by atoms with Crippen LogP contribution in [0, 0.1) is 19.3 Å². The second kappa shape index (κ2) is 7.22. The molecule has 0 heterocycles. The van der Waals surface area contributed by atoms with Crippen LogP contribution in [0.3, 0.4) is 0 Å². The van der Waals surface area contributed by atoms with Crippen LogP contribution in [0.15, 0.2) is 24.3 Å². The SMILES string of the molecule is C#CCN(CC(=O)O)C(=O)CCc1ccccc1C. The fourth-order valence-electron chi connectivity index (χ4n) is 1.80. The van der Waals surface area contributed by atoms with E-state index in [4.69, 9.17) is 11.5 Å². The van der Waals surface area contributed by atoms with Crippen molar-refractivity contribution in [1.82, 2.24) is 4.90 Å². The summed E-state index contributed by atoms with van der Waals surface area (Å²) in [4.78, 5) is 23.8. The van der Waals surface area contributed by atoms with Crippen molar-refractivity contribution < 1.29 is 14.7 Å². The molecular weight excluding hydrogens is 242 g/mol. The third-order valence-electron chi connectivity index (χ3n) is 2.83. The molecule has 100 valence electrons. The van der Waals surface area contributed by atoms with Gasteiger partial charge in [0.1, 0.15) is 6.54 Å². The second-order valence-corrected chi connectivity index (χ2v) is 4.27. The minimum absolute atomic E-state index is 0.0267. The third-order valence-corrected chi connectivity index (χ3v) is 2.83. The average molecular weight is 259 g/mol. The van der Waals surface area contributed by atoms with Crippen molar-refractivity contribution in [3.63, 3.8) is 0 Å². The van der Waals surface area contributed by atoms with Crippen LogP contribution < -0.4 is 0 Å². The van der Waals surface area contributed by atoms with E-state index in [2.05, 4.69) is 5.92 Å². The molecule has 0 unspecified atom stereocenters. The zero-order chi connectivity index (χ0) is 14.3. The lowest BCUT2D eigenvalue weighted by Gasteiger charge is -2.18. The van der Waals surface area contributed by atoms with Crippen LogP contribution in [0.2, 0.25) is 0 Å². The molecule has 1 N–H and O–H groups in total. The molecule has 0 aliphatic rings. The lowest BCUT2D eigenvalue weighted by atomic mass is 10.0. The Balaban J connectivity index is 2.60. The largest absolute Gasteiger partial charge is 0.480 e. The average Bonchev–Trinajstić information content (AvgIpc) is 2.36. The second-order valence-electron chi connectivity index (χ2n) is 4.27. The molecule has 0 spiro atoms. The van der Waals surface area contributed by atoms with Crippen LogP contribution >= 0.6 is 0 Å². The third kappa shape index (κ3) is 4.84. The molecule has 0 saturated heterocycles. The highest BCUT2D eigenvalue weighted by atomic mass is 16.4. The van der Waals surface area contributed by atoms with E-state index in [0.717, 1.165) is 11.1 Å². The molecule has 0 atom stereocenters. The highest BCUT2D eigenvalue weighted by Gasteiger charge is 2.15. The van der Waals surface area contributed by atoms with Gasteiger partial charge < -0.3 is 10.0 Å². The van der Waals surface area contributed by atoms with Gasteiger partial charge in [-0.25, -0.2) is 0 Å². The molecule has 0 fully saturated rings. The van der Waals surface area contributed by atoms with E-state index < -0.39 is 5.97 Å². The Kier molecular flexibility index (Phi) is 5.62. The molecule has 0 aliphatic heterocycles. The number of carbonyl (C=O) groups is 2. The molecule has 0 bridgehead atoms. The first-order valence-electron chi connectivity index (χ1n) is 6.02. The summed E-state index contributed by atoms with van der Waals surface area (Å²) >= 11 is 0. The summed E-state index contributed by atoms with van der Waals surface area (Å²) in [5.74, 6) is 1.02. The van der Waals surface area contributed by atoms with Crippen molar-refractivity contribution in [2.24, 2.45) is 0 Å². The van der Waals surface area contributed by atoms with Gasteiger partial charge in [-0.2, -0.15) is 0 Å². The Labute approximate surface area is 113 Å². The van der Waals surface area contributed by atoms with E-state index in [9.17, 15) is 9.59 Å². The molecule has 1 rings (SSSR count). The Hall–Kier alpha value is -2.28. The minimum atomic E-state index is -1.06. The summed E-state index contributed by atoms with van der Waals surface area (Å²) in [7, 11) is 0. The van der Waals surface area contributed by atoms with Gasteiger partial charge in [-0.1, -0.05) is 30.2 Å². The molecular formula is C15H17NO3. The number of rotatable bonds is 6. The van der Waals surface area contributed by atoms with E-state index in [1.54, 1.807) is 0 Å². The molecule has 0 aliphatic carbocycles. The van der Waals surface area contributed by atoms with Gasteiger partial charge in [-0.3, -0.25) is 9.59 Å². The van der Waals surface area contributed by atoms with Gasteiger partial charge >= 0.3 is 5.97 Å². The highest BCUT2D eigenvalue weighted by Crippen LogP contribution is 2.10. The molecule has 4 heteroatoms. The number of aryl methyl sites for hydroxylation is 2. The van der Waals surface area contributed by atoms with Crippen LogP contribution in [-0.2, 0) is 16.0 Å². The van der Waals surface area contributed by atoms with Crippen LogP contribution in [0.1, 0.15) is 17.5 Å². The van der Waals surface area contributed by atoms with Gasteiger partial charge in [0.05, 0.1) is 6.54 Å². The Morgan fingerprint density at radius 3 is 2.63 bits per heavy atom. The Morgan fingerprint density at radius 1 is 1.37 bits per heavy atom. The summed E-state index contributed by atoms with van der Waals surface area (Å²) in [5, 5.41) is 8.73. The number of carboxylic acids is 1. The van der Waals surface area contributed by atoms with E-state index in [-0.39, 0.29) is 25.4 Å². The van der Waals surface area contributed by atoms with Gasteiger partial charge in [0, 0.05) is 6.42 Å². The molecule has 1 aromatic rings. The van der Waals surface area contributed by atoms with Gasteiger partial charge in [-0.15, -0.1) is 6.42 Å². The molecule has 0 saturated carbocycles. The van der Waals surface area contributed by atoms with Gasteiger partial charge in [0.15, 0.2) is 0 Å². The van der Waals surface area contributed by atoms with Gasteiger partial charge in [-0.05, 0) is 24.5 Å². The van der Waals surface area contributed by atoms with E-state index in [1.807, 2.05) is 31.2 Å². The molecule has 19 heavy (non-hydrogen) atoms. The van der Waals surface area contributed by atoms with Crippen molar-refractivity contribution in [3.8, 4) is 12.3 Å². The van der Waals surface area contributed by atoms with Crippen molar-refractivity contribution in [2.75, 3.05) is 13.1 Å². The topological polar surface area (TPSA) is 57.6 Å². The first-order chi connectivity index (χ1) is 9.04. The number of nitrogens with zero attached hydrogens (tertiary/aromatic N) is 1. The summed E-state index contributed by atoms with van der Waals surface area (Å²) in [6, 6.07) is 7.81. The van der Waals surface area contributed by atoms with Crippen LogP contribution in [0.5, 0.6) is 0 Å². The standard InChI is InChI=1S/C15H17NO3/c1-3-10-16(11-15(18)19)14(17)9-8-13-7-5-4-6-12(13)2/h1,4-7H,8-11H2,2H3,(H,18,19). The number of hydrogen-bond donors (Lipinski definition) is 1. The Bertz CT molecular complexity index is 502. The zero-order valence-corrected chi connectivity index (χ0v) is 10.9. The quantitative estimate of drug-likeness (QED) is 0.787. The summed E-state index contributed by atoms with van der Waals surface area (Å²) in [6.45, 7) is 1.66. The summed E-state index contributed by atoms with van der Waals surface area (Å²) in [5.41, 5.74) is 2.21. The number of amides is 1. The highest BCUT2D eigenvalue weighted by molar-refractivity contribution is 5.81. The molecule has 0 radical (unpaired) electrons. The molecule has 0 aromatic heterocycles. The zero-order valence-electron chi connectivity index (χ0n) is 10.9. The monoisotopic (exact) mass is 259 g/mol. The Morgan fingerprint density at radius 2 is 2.05 bits per heavy atom. The predicted molar refractivity (Wildman–Crippen MR) is 72.5 cm³/mol. The first-order valence-corrected chi connectivity index (χ1v) is 6.02. The van der Waals surface area contributed by atoms with Crippen LogP contribution in [-0.4, -0.2) is 35.0 Å². The molecule has 4 nitrogen and oxygen atoms in total. The maximum absolute atomic E-state index is 11.9. The van der Waals surface area contributed by atoms with Gasteiger partial charge in [0.25, 0.3) is 0 Å².